The molecule has 0 fully saturated rings. The van der Waals surface area contributed by atoms with Gasteiger partial charge in [-0.1, -0.05) is 291 Å². The van der Waals surface area contributed by atoms with Gasteiger partial charge in [-0.05, 0) is 128 Å². The first-order valence-electron chi connectivity index (χ1n) is 34.4. The molecule has 0 heterocycles. The van der Waals surface area contributed by atoms with Gasteiger partial charge in [-0.2, -0.15) is 0 Å². The minimum absolute atomic E-state index is 0.0937. The largest absolute Gasteiger partial charge is 0.462 e. The Balaban J connectivity index is 4.42. The molecule has 0 aromatic heterocycles. The molecule has 0 saturated carbocycles. The van der Waals surface area contributed by atoms with Crippen LogP contribution in [-0.2, 0) is 28.6 Å². The van der Waals surface area contributed by atoms with E-state index in [1.165, 1.54) is 180 Å². The van der Waals surface area contributed by atoms with Gasteiger partial charge in [0.2, 0.25) is 0 Å². The van der Waals surface area contributed by atoms with Crippen LogP contribution in [0.5, 0.6) is 0 Å². The van der Waals surface area contributed by atoms with Crippen molar-refractivity contribution in [2.45, 2.75) is 335 Å². The van der Waals surface area contributed by atoms with Crippen LogP contribution in [-0.4, -0.2) is 37.2 Å². The van der Waals surface area contributed by atoms with Crippen LogP contribution in [0.3, 0.4) is 0 Å². The van der Waals surface area contributed by atoms with Crippen molar-refractivity contribution in [1.82, 2.24) is 0 Å². The maximum Gasteiger partial charge on any atom is 0.306 e. The summed E-state index contributed by atoms with van der Waals surface area (Å²) in [4.78, 5) is 38.4. The van der Waals surface area contributed by atoms with Crippen LogP contribution in [0.1, 0.15) is 329 Å². The summed E-state index contributed by atoms with van der Waals surface area (Å²) in [5.74, 6) is -0.921. The molecule has 0 aromatic carbocycles. The second kappa shape index (κ2) is 68.6. The van der Waals surface area contributed by atoms with Crippen LogP contribution >= 0.6 is 0 Å². The van der Waals surface area contributed by atoms with Crippen LogP contribution < -0.4 is 0 Å². The summed E-state index contributed by atoms with van der Waals surface area (Å²) in [6.45, 7) is 6.51. The number of ether oxygens (including phenoxy) is 3. The van der Waals surface area contributed by atoms with Crippen LogP contribution in [0.2, 0.25) is 0 Å². The Morgan fingerprint density at radius 3 is 0.778 bits per heavy atom. The first kappa shape index (κ1) is 77.1. The highest BCUT2D eigenvalue weighted by Gasteiger charge is 2.19. The van der Waals surface area contributed by atoms with Gasteiger partial charge in [-0.25, -0.2) is 0 Å². The van der Waals surface area contributed by atoms with E-state index in [0.717, 1.165) is 109 Å². The lowest BCUT2D eigenvalue weighted by Gasteiger charge is -2.18. The van der Waals surface area contributed by atoms with Crippen molar-refractivity contribution < 1.29 is 28.6 Å². The number of hydrogen-bond acceptors (Lipinski definition) is 6. The lowest BCUT2D eigenvalue weighted by atomic mass is 10.1. The average Bonchev–Trinajstić information content (AvgIpc) is 3.47. The van der Waals surface area contributed by atoms with Gasteiger partial charge in [0, 0.05) is 19.3 Å². The second-order valence-corrected chi connectivity index (χ2v) is 22.7. The Kier molecular flexibility index (Phi) is 65.2. The van der Waals surface area contributed by atoms with Gasteiger partial charge in [-0.3, -0.25) is 14.4 Å². The van der Waals surface area contributed by atoms with Gasteiger partial charge in [0.25, 0.3) is 0 Å². The molecule has 0 bridgehead atoms. The van der Waals surface area contributed by atoms with E-state index in [0.29, 0.717) is 12.8 Å². The highest BCUT2D eigenvalue weighted by molar-refractivity contribution is 5.71. The standard InChI is InChI=1S/C75H128O6/c1-4-7-10-13-16-19-22-25-28-31-34-35-36-37-38-39-42-44-47-50-53-56-59-62-65-68-74(77)80-71-72(81-75(78)69-66-63-60-57-54-51-48-45-41-33-30-27-24-21-18-15-12-9-6-3)70-79-73(76)67-64-61-58-55-52-49-46-43-40-32-29-26-23-20-17-14-11-8-5-2/h9,12,18,21-22,25-27,29-31,34,36-37,41,45,51,54,72H,4-8,10-11,13-17,19-20,23-24,28,32-33,35,38-40,42-44,46-50,52-53,55-71H2,1-3H3/b12-9-,21-18-,25-22-,29-26-,30-27-,34-31-,37-36-,45-41-,54-51-. The van der Waals surface area contributed by atoms with Crippen molar-refractivity contribution in [3.8, 4) is 0 Å². The first-order chi connectivity index (χ1) is 40.0. The van der Waals surface area contributed by atoms with Gasteiger partial charge in [0.15, 0.2) is 6.10 Å². The van der Waals surface area contributed by atoms with Gasteiger partial charge < -0.3 is 14.2 Å². The number of esters is 3. The molecular weight excluding hydrogens is 997 g/mol. The van der Waals surface area contributed by atoms with Crippen molar-refractivity contribution >= 4 is 17.9 Å². The molecule has 6 nitrogen and oxygen atoms in total. The summed E-state index contributed by atoms with van der Waals surface area (Å²) in [5, 5.41) is 0. The summed E-state index contributed by atoms with van der Waals surface area (Å²) in [6.07, 6.45) is 93.8. The van der Waals surface area contributed by atoms with Crippen LogP contribution in [0, 0.1) is 0 Å². The minimum atomic E-state index is -0.802. The van der Waals surface area contributed by atoms with Gasteiger partial charge in [-0.15, -0.1) is 0 Å². The smallest absolute Gasteiger partial charge is 0.306 e. The third-order valence-corrected chi connectivity index (χ3v) is 14.7. The third kappa shape index (κ3) is 66.8. The molecule has 0 aromatic rings. The van der Waals surface area contributed by atoms with Crippen molar-refractivity contribution in [3.63, 3.8) is 0 Å². The van der Waals surface area contributed by atoms with Gasteiger partial charge in [0.1, 0.15) is 13.2 Å². The van der Waals surface area contributed by atoms with Gasteiger partial charge >= 0.3 is 17.9 Å². The number of carbonyl (C=O) groups excluding carboxylic acids is 3. The molecule has 1 unspecified atom stereocenters. The summed E-state index contributed by atoms with van der Waals surface area (Å²) in [6, 6.07) is 0. The topological polar surface area (TPSA) is 78.9 Å². The minimum Gasteiger partial charge on any atom is -0.462 e. The molecule has 0 aliphatic carbocycles. The molecule has 0 aliphatic rings. The lowest BCUT2D eigenvalue weighted by molar-refractivity contribution is -0.167. The maximum absolute atomic E-state index is 12.9. The fraction of sp³-hybridized carbons (Fsp3) is 0.720. The van der Waals surface area contributed by atoms with E-state index in [9.17, 15) is 14.4 Å². The van der Waals surface area contributed by atoms with Crippen molar-refractivity contribution in [1.29, 1.82) is 0 Å². The molecule has 6 heteroatoms. The Morgan fingerprint density at radius 2 is 0.481 bits per heavy atom. The Labute approximate surface area is 501 Å². The fourth-order valence-electron chi connectivity index (χ4n) is 9.59. The number of allylic oxidation sites excluding steroid dienone is 18. The Morgan fingerprint density at radius 1 is 0.259 bits per heavy atom. The molecular formula is C75H128O6. The molecule has 0 aliphatic heterocycles. The van der Waals surface area contributed by atoms with Crippen molar-refractivity contribution in [2.24, 2.45) is 0 Å². The zero-order chi connectivity index (χ0) is 58.5. The lowest BCUT2D eigenvalue weighted by Crippen LogP contribution is -2.30. The van der Waals surface area contributed by atoms with Crippen molar-refractivity contribution in [3.05, 3.63) is 109 Å². The fourth-order valence-corrected chi connectivity index (χ4v) is 9.59. The zero-order valence-corrected chi connectivity index (χ0v) is 53.3. The molecule has 0 saturated heterocycles. The summed E-state index contributed by atoms with van der Waals surface area (Å²) >= 11 is 0. The highest BCUT2D eigenvalue weighted by atomic mass is 16.6. The molecule has 0 radical (unpaired) electrons. The van der Waals surface area contributed by atoms with E-state index in [1.54, 1.807) is 0 Å². The molecule has 81 heavy (non-hydrogen) atoms. The number of carbonyl (C=O) groups is 3. The maximum atomic E-state index is 12.9. The Hall–Kier alpha value is -3.93. The number of hydrogen-bond donors (Lipinski definition) is 0. The van der Waals surface area contributed by atoms with Crippen molar-refractivity contribution in [2.75, 3.05) is 13.2 Å². The average molecular weight is 1130 g/mol. The van der Waals surface area contributed by atoms with Crippen LogP contribution in [0.25, 0.3) is 0 Å². The zero-order valence-electron chi connectivity index (χ0n) is 53.3. The monoisotopic (exact) mass is 1120 g/mol. The number of unbranched alkanes of at least 4 members (excludes halogenated alkanes) is 33. The van der Waals surface area contributed by atoms with Crippen LogP contribution in [0.15, 0.2) is 109 Å². The van der Waals surface area contributed by atoms with E-state index in [-0.39, 0.29) is 37.5 Å². The third-order valence-electron chi connectivity index (χ3n) is 14.7. The predicted octanol–water partition coefficient (Wildman–Crippen LogP) is 23.8. The molecule has 0 rings (SSSR count). The summed E-state index contributed by atoms with van der Waals surface area (Å²) in [7, 11) is 0. The first-order valence-corrected chi connectivity index (χ1v) is 34.4. The van der Waals surface area contributed by atoms with Crippen LogP contribution in [0.4, 0.5) is 0 Å². The van der Waals surface area contributed by atoms with E-state index >= 15 is 0 Å². The van der Waals surface area contributed by atoms with Gasteiger partial charge in [0.05, 0.1) is 0 Å². The summed E-state index contributed by atoms with van der Waals surface area (Å²) < 4.78 is 17.0. The Bertz CT molecular complexity index is 1620. The molecule has 0 N–H and O–H groups in total. The normalized spacial score (nSPS) is 12.8. The SMILES string of the molecule is CC/C=C\C/C=C\C/C=C\C/C=C\C/C=C\CCCCCC(=O)OC(COC(=O)CCCCCCCCCCC/C=C\CCCCCCCC)COC(=O)CCCCCCCCCCCC/C=C\C/C=C\C/C=C\CCCCCCC. The quantitative estimate of drug-likeness (QED) is 0.0261. The van der Waals surface area contributed by atoms with E-state index in [2.05, 4.69) is 130 Å². The predicted molar refractivity (Wildman–Crippen MR) is 353 cm³/mol. The highest BCUT2D eigenvalue weighted by Crippen LogP contribution is 2.16. The van der Waals surface area contributed by atoms with E-state index in [4.69, 9.17) is 14.2 Å². The second-order valence-electron chi connectivity index (χ2n) is 22.7. The summed E-state index contributed by atoms with van der Waals surface area (Å²) in [5.41, 5.74) is 0. The molecule has 0 amide bonds. The molecule has 0 spiro atoms. The molecule has 464 valence electrons. The van der Waals surface area contributed by atoms with E-state index < -0.39 is 6.10 Å². The number of rotatable bonds is 62. The molecule has 1 atom stereocenters. The van der Waals surface area contributed by atoms with E-state index in [1.807, 2.05) is 0 Å².